The Morgan fingerprint density at radius 3 is 2.39 bits per heavy atom. The number of carbonyl (C=O) groups is 1. The molecule has 0 aliphatic rings. The van der Waals surface area contributed by atoms with Crippen LogP contribution in [0.2, 0.25) is 0 Å². The highest BCUT2D eigenvalue weighted by Gasteiger charge is 2.28. The number of ether oxygens (including phenoxy) is 1. The van der Waals surface area contributed by atoms with Gasteiger partial charge in [-0.3, -0.25) is 4.79 Å². The average Bonchev–Trinajstić information content (AvgIpc) is 2.51. The zero-order valence-electron chi connectivity index (χ0n) is 14.6. The predicted molar refractivity (Wildman–Crippen MR) is 99.9 cm³/mol. The molecule has 0 amide bonds. The number of hydrogen-bond acceptors (Lipinski definition) is 3. The summed E-state index contributed by atoms with van der Waals surface area (Å²) in [6, 6.07) is 14.3. The van der Waals surface area contributed by atoms with Crippen molar-refractivity contribution >= 4 is 27.6 Å². The van der Waals surface area contributed by atoms with Crippen molar-refractivity contribution in [1.29, 1.82) is 0 Å². The maximum Gasteiger partial charge on any atom is 0.222 e. The molecular weight excluding hydrogens is 304 g/mol. The van der Waals surface area contributed by atoms with Crippen LogP contribution in [0.4, 0.5) is 0 Å². The van der Waals surface area contributed by atoms with Crippen molar-refractivity contribution in [2.45, 2.75) is 58.0 Å². The van der Waals surface area contributed by atoms with Gasteiger partial charge in [-0.1, -0.05) is 62.0 Å². The first-order valence-corrected chi connectivity index (χ1v) is 9.05. The minimum atomic E-state index is -0.529. The fourth-order valence-corrected chi connectivity index (χ4v) is 3.19. The van der Waals surface area contributed by atoms with Crippen LogP contribution in [0.3, 0.4) is 0 Å². The lowest BCUT2D eigenvalue weighted by Crippen LogP contribution is -2.27. The Bertz CT molecular complexity index is 673. The Balaban J connectivity index is 2.36. The summed E-state index contributed by atoms with van der Waals surface area (Å²) in [6.07, 6.45) is 0.440. The molecule has 0 bridgehead atoms. The predicted octanol–water partition coefficient (Wildman–Crippen LogP) is 5.75. The molecule has 0 aliphatic heterocycles. The fraction of sp³-hybridized carbons (Fsp3) is 0.450. The van der Waals surface area contributed by atoms with E-state index in [1.165, 1.54) is 17.1 Å². The zero-order valence-corrected chi connectivity index (χ0v) is 15.4. The van der Waals surface area contributed by atoms with E-state index in [1.807, 2.05) is 39.0 Å². The molecule has 0 saturated heterocycles. The monoisotopic (exact) mass is 330 g/mol. The second kappa shape index (κ2) is 7.50. The summed E-state index contributed by atoms with van der Waals surface area (Å²) in [5.74, 6) is 0. The first-order valence-electron chi connectivity index (χ1n) is 8.17. The number of fused-ring (bicyclic) bond motifs is 1. The molecule has 3 heteroatoms. The topological polar surface area (TPSA) is 26.3 Å². The SMILES string of the molecule is CC[C@H](C)SC(=O)[C@H](OC(C)(C)C)c1ccc2ccccc2c1. The molecule has 2 nitrogen and oxygen atoms in total. The first-order chi connectivity index (χ1) is 10.8. The van der Waals surface area contributed by atoms with Crippen LogP contribution in [0.5, 0.6) is 0 Å². The molecule has 0 radical (unpaired) electrons. The third-order valence-corrected chi connectivity index (χ3v) is 4.84. The van der Waals surface area contributed by atoms with Crippen LogP contribution in [-0.2, 0) is 9.53 Å². The number of thioether (sulfide) groups is 1. The highest BCUT2D eigenvalue weighted by atomic mass is 32.2. The lowest BCUT2D eigenvalue weighted by atomic mass is 10.0. The standard InChI is InChI=1S/C20H26O2S/c1-6-14(2)23-19(21)18(22-20(3,4)5)17-12-11-15-9-7-8-10-16(15)13-17/h7-14,18H,6H2,1-5H3/t14-,18+/m0/s1. The summed E-state index contributed by atoms with van der Waals surface area (Å²) in [5, 5.41) is 2.69. The van der Waals surface area contributed by atoms with Gasteiger partial charge in [-0.25, -0.2) is 0 Å². The van der Waals surface area contributed by atoms with E-state index in [0.717, 1.165) is 17.4 Å². The van der Waals surface area contributed by atoms with Gasteiger partial charge in [-0.15, -0.1) is 0 Å². The Kier molecular flexibility index (Phi) is 5.88. The van der Waals surface area contributed by atoms with Gasteiger partial charge < -0.3 is 4.74 Å². The van der Waals surface area contributed by atoms with Gasteiger partial charge in [0.05, 0.1) is 5.60 Å². The molecule has 0 aliphatic carbocycles. The molecule has 0 N–H and O–H groups in total. The van der Waals surface area contributed by atoms with Gasteiger partial charge in [0, 0.05) is 5.25 Å². The van der Waals surface area contributed by atoms with Crippen LogP contribution < -0.4 is 0 Å². The lowest BCUT2D eigenvalue weighted by molar-refractivity contribution is -0.132. The van der Waals surface area contributed by atoms with Crippen molar-refractivity contribution in [3.05, 3.63) is 48.0 Å². The van der Waals surface area contributed by atoms with Gasteiger partial charge in [-0.05, 0) is 49.6 Å². The van der Waals surface area contributed by atoms with Crippen LogP contribution in [0, 0.1) is 0 Å². The van der Waals surface area contributed by atoms with E-state index >= 15 is 0 Å². The van der Waals surface area contributed by atoms with Crippen LogP contribution >= 0.6 is 11.8 Å². The number of benzene rings is 2. The summed E-state index contributed by atoms with van der Waals surface area (Å²) in [6.45, 7) is 10.1. The average molecular weight is 330 g/mol. The van der Waals surface area contributed by atoms with Crippen molar-refractivity contribution in [2.24, 2.45) is 0 Å². The first kappa shape index (κ1) is 18.0. The second-order valence-corrected chi connectivity index (χ2v) is 8.32. The van der Waals surface area contributed by atoms with Crippen molar-refractivity contribution in [2.75, 3.05) is 0 Å². The molecule has 2 atom stereocenters. The van der Waals surface area contributed by atoms with E-state index in [-0.39, 0.29) is 10.7 Å². The van der Waals surface area contributed by atoms with E-state index < -0.39 is 6.10 Å². The van der Waals surface area contributed by atoms with Crippen molar-refractivity contribution in [3.63, 3.8) is 0 Å². The molecule has 2 rings (SSSR count). The number of carbonyl (C=O) groups excluding carboxylic acids is 1. The summed E-state index contributed by atoms with van der Waals surface area (Å²) in [7, 11) is 0. The molecule has 23 heavy (non-hydrogen) atoms. The van der Waals surface area contributed by atoms with E-state index in [4.69, 9.17) is 4.74 Å². The minimum Gasteiger partial charge on any atom is -0.359 e. The molecular formula is C20H26O2S. The van der Waals surface area contributed by atoms with Gasteiger partial charge in [0.25, 0.3) is 0 Å². The largest absolute Gasteiger partial charge is 0.359 e. The lowest BCUT2D eigenvalue weighted by Gasteiger charge is -2.27. The molecule has 0 spiro atoms. The second-order valence-electron chi connectivity index (χ2n) is 6.87. The minimum absolute atomic E-state index is 0.0876. The number of rotatable bonds is 5. The van der Waals surface area contributed by atoms with E-state index in [0.29, 0.717) is 5.25 Å². The Morgan fingerprint density at radius 2 is 1.78 bits per heavy atom. The summed E-state index contributed by atoms with van der Waals surface area (Å²) in [4.78, 5) is 12.8. The molecule has 0 aromatic heterocycles. The smallest absolute Gasteiger partial charge is 0.222 e. The van der Waals surface area contributed by atoms with E-state index in [9.17, 15) is 4.79 Å². The van der Waals surface area contributed by atoms with Crippen molar-refractivity contribution in [1.82, 2.24) is 0 Å². The third kappa shape index (κ3) is 5.08. The summed E-state index contributed by atoms with van der Waals surface area (Å²) < 4.78 is 6.11. The van der Waals surface area contributed by atoms with Crippen molar-refractivity contribution in [3.8, 4) is 0 Å². The van der Waals surface area contributed by atoms with Crippen LogP contribution in [0.15, 0.2) is 42.5 Å². The van der Waals surface area contributed by atoms with Gasteiger partial charge >= 0.3 is 0 Å². The summed E-state index contributed by atoms with van der Waals surface area (Å²) >= 11 is 1.38. The zero-order chi connectivity index (χ0) is 17.0. The fourth-order valence-electron chi connectivity index (χ4n) is 2.32. The van der Waals surface area contributed by atoms with E-state index in [2.05, 4.69) is 38.1 Å². The van der Waals surface area contributed by atoms with Crippen LogP contribution in [0.25, 0.3) is 10.8 Å². The van der Waals surface area contributed by atoms with Gasteiger partial charge in [-0.2, -0.15) is 0 Å². The maximum absolute atomic E-state index is 12.8. The summed E-state index contributed by atoms with van der Waals surface area (Å²) in [5.41, 5.74) is 0.557. The molecule has 2 aromatic rings. The Labute approximate surface area is 143 Å². The van der Waals surface area contributed by atoms with Gasteiger partial charge in [0.1, 0.15) is 0 Å². The third-order valence-electron chi connectivity index (χ3n) is 3.65. The maximum atomic E-state index is 12.8. The van der Waals surface area contributed by atoms with Crippen molar-refractivity contribution < 1.29 is 9.53 Å². The molecule has 0 heterocycles. The number of hydrogen-bond donors (Lipinski definition) is 0. The molecule has 0 saturated carbocycles. The molecule has 0 fully saturated rings. The van der Waals surface area contributed by atoms with Gasteiger partial charge in [0.15, 0.2) is 6.10 Å². The molecule has 2 aromatic carbocycles. The quantitative estimate of drug-likeness (QED) is 0.698. The Morgan fingerprint density at radius 1 is 1.13 bits per heavy atom. The highest BCUT2D eigenvalue weighted by molar-refractivity contribution is 8.14. The van der Waals surface area contributed by atoms with Crippen LogP contribution in [-0.4, -0.2) is 16.0 Å². The van der Waals surface area contributed by atoms with E-state index in [1.54, 1.807) is 0 Å². The normalized spacial score (nSPS) is 14.7. The molecule has 0 unspecified atom stereocenters. The van der Waals surface area contributed by atoms with Crippen LogP contribution in [0.1, 0.15) is 52.7 Å². The van der Waals surface area contributed by atoms with Gasteiger partial charge in [0.2, 0.25) is 5.12 Å². The Hall–Kier alpha value is -1.32. The molecule has 124 valence electrons. The highest BCUT2D eigenvalue weighted by Crippen LogP contribution is 2.32.